The van der Waals surface area contributed by atoms with Gasteiger partial charge in [0.1, 0.15) is 5.69 Å². The van der Waals surface area contributed by atoms with E-state index in [1.165, 1.54) is 18.3 Å². The van der Waals surface area contributed by atoms with E-state index in [2.05, 4.69) is 4.99 Å². The van der Waals surface area contributed by atoms with Gasteiger partial charge in [-0.15, -0.1) is 0 Å². The fraction of sp³-hybridized carbons (Fsp3) is 0.0714. The quantitative estimate of drug-likeness (QED) is 0.699. The maximum absolute atomic E-state index is 13.5. The van der Waals surface area contributed by atoms with E-state index >= 15 is 0 Å². The van der Waals surface area contributed by atoms with E-state index in [0.717, 1.165) is 5.56 Å². The van der Waals surface area contributed by atoms with Gasteiger partial charge in [0.25, 0.3) is 0 Å². The van der Waals surface area contributed by atoms with Gasteiger partial charge in [0.2, 0.25) is 0 Å². The van der Waals surface area contributed by atoms with Gasteiger partial charge in [-0.1, -0.05) is 23.7 Å². The average Bonchev–Trinajstić information content (AvgIpc) is 2.30. The number of aryl methyl sites for hydroxylation is 1. The molecule has 0 atom stereocenters. The number of halogens is 3. The molecule has 0 amide bonds. The van der Waals surface area contributed by atoms with Crippen LogP contribution < -0.4 is 0 Å². The third-order valence-electron chi connectivity index (χ3n) is 2.37. The number of hydrogen-bond donors (Lipinski definition) is 0. The van der Waals surface area contributed by atoms with Crippen LogP contribution in [0.5, 0.6) is 0 Å². The molecule has 0 saturated heterocycles. The van der Waals surface area contributed by atoms with Crippen molar-refractivity contribution in [1.29, 1.82) is 0 Å². The van der Waals surface area contributed by atoms with Crippen LogP contribution in [0.15, 0.2) is 41.4 Å². The second-order valence-electron chi connectivity index (χ2n) is 3.89. The highest BCUT2D eigenvalue weighted by atomic mass is 35.5. The van der Waals surface area contributed by atoms with E-state index in [9.17, 15) is 8.78 Å². The second-order valence-corrected chi connectivity index (χ2v) is 4.32. The van der Waals surface area contributed by atoms with Gasteiger partial charge < -0.3 is 0 Å². The fourth-order valence-corrected chi connectivity index (χ4v) is 1.63. The summed E-state index contributed by atoms with van der Waals surface area (Å²) in [5.74, 6) is -1.34. The summed E-state index contributed by atoms with van der Waals surface area (Å²) in [5, 5.41) is 0.597. The molecular formula is C14H10ClF2N. The zero-order valence-corrected chi connectivity index (χ0v) is 10.4. The van der Waals surface area contributed by atoms with Gasteiger partial charge >= 0.3 is 0 Å². The van der Waals surface area contributed by atoms with Crippen molar-refractivity contribution in [2.24, 2.45) is 4.99 Å². The molecule has 2 rings (SSSR count). The summed E-state index contributed by atoms with van der Waals surface area (Å²) in [4.78, 5) is 3.83. The lowest BCUT2D eigenvalue weighted by Crippen LogP contribution is -1.87. The van der Waals surface area contributed by atoms with Crippen molar-refractivity contribution in [3.05, 3.63) is 64.2 Å². The Balaban J connectivity index is 2.31. The summed E-state index contributed by atoms with van der Waals surface area (Å²) in [5.41, 5.74) is 0.963. The maximum Gasteiger partial charge on any atom is 0.152 e. The smallest absolute Gasteiger partial charge is 0.152 e. The van der Waals surface area contributed by atoms with Crippen molar-refractivity contribution < 1.29 is 8.78 Å². The molecule has 0 aliphatic carbocycles. The number of benzene rings is 2. The molecule has 0 aliphatic heterocycles. The second kappa shape index (κ2) is 5.27. The Morgan fingerprint density at radius 3 is 2.17 bits per heavy atom. The molecule has 2 aromatic rings. The number of aliphatic imine (C=N–C) groups is 1. The van der Waals surface area contributed by atoms with Crippen molar-refractivity contribution in [3.63, 3.8) is 0 Å². The zero-order valence-electron chi connectivity index (χ0n) is 9.62. The van der Waals surface area contributed by atoms with Crippen LogP contribution >= 0.6 is 11.6 Å². The largest absolute Gasteiger partial charge is 0.250 e. The Morgan fingerprint density at radius 2 is 1.61 bits per heavy atom. The summed E-state index contributed by atoms with van der Waals surface area (Å²) < 4.78 is 27.0. The SMILES string of the molecule is Cc1cc(F)c(N=Cc2ccc(Cl)cc2)c(F)c1. The molecule has 0 unspecified atom stereocenters. The van der Waals surface area contributed by atoms with Gasteiger partial charge in [0.05, 0.1) is 0 Å². The Hall–Kier alpha value is -1.74. The minimum Gasteiger partial charge on any atom is -0.250 e. The molecule has 0 heterocycles. The third-order valence-corrected chi connectivity index (χ3v) is 2.63. The van der Waals surface area contributed by atoms with E-state index in [4.69, 9.17) is 11.6 Å². The molecule has 0 saturated carbocycles. The molecule has 1 nitrogen and oxygen atoms in total. The first-order valence-corrected chi connectivity index (χ1v) is 5.69. The molecule has 0 bridgehead atoms. The minimum atomic E-state index is -0.669. The van der Waals surface area contributed by atoms with Crippen molar-refractivity contribution in [2.75, 3.05) is 0 Å². The Labute approximate surface area is 109 Å². The predicted molar refractivity (Wildman–Crippen MR) is 69.8 cm³/mol. The molecule has 0 fully saturated rings. The molecule has 0 spiro atoms. The van der Waals surface area contributed by atoms with Crippen molar-refractivity contribution in [3.8, 4) is 0 Å². The van der Waals surface area contributed by atoms with Gasteiger partial charge in [-0.2, -0.15) is 0 Å². The number of rotatable bonds is 2. The molecule has 4 heteroatoms. The Bertz CT molecular complexity index is 568. The van der Waals surface area contributed by atoms with Crippen molar-refractivity contribution in [1.82, 2.24) is 0 Å². The Morgan fingerprint density at radius 1 is 1.06 bits per heavy atom. The van der Waals surface area contributed by atoms with Crippen LogP contribution in [0.3, 0.4) is 0 Å². The highest BCUT2D eigenvalue weighted by molar-refractivity contribution is 6.30. The predicted octanol–water partition coefficient (Wildman–Crippen LogP) is 4.68. The number of hydrogen-bond acceptors (Lipinski definition) is 1. The van der Waals surface area contributed by atoms with Crippen LogP contribution in [-0.4, -0.2) is 6.21 Å². The minimum absolute atomic E-state index is 0.282. The summed E-state index contributed by atoms with van der Waals surface area (Å²) in [6, 6.07) is 9.30. The first-order valence-electron chi connectivity index (χ1n) is 5.31. The Kier molecular flexibility index (Phi) is 3.72. The van der Waals surface area contributed by atoms with Gasteiger partial charge in [0, 0.05) is 11.2 Å². The molecule has 0 aromatic heterocycles. The normalized spacial score (nSPS) is 11.1. The highest BCUT2D eigenvalue weighted by Crippen LogP contribution is 2.23. The lowest BCUT2D eigenvalue weighted by molar-refractivity contribution is 0.586. The van der Waals surface area contributed by atoms with Crippen molar-refractivity contribution in [2.45, 2.75) is 6.92 Å². The van der Waals surface area contributed by atoms with Crippen LogP contribution in [-0.2, 0) is 0 Å². The molecule has 18 heavy (non-hydrogen) atoms. The van der Waals surface area contributed by atoms with Gasteiger partial charge in [-0.3, -0.25) is 4.99 Å². The standard InChI is InChI=1S/C14H10ClF2N/c1-9-6-12(16)14(13(17)7-9)18-8-10-2-4-11(15)5-3-10/h2-8H,1H3. The first kappa shape index (κ1) is 12.7. The summed E-state index contributed by atoms with van der Waals surface area (Å²) in [6.07, 6.45) is 1.40. The molecule has 2 aromatic carbocycles. The van der Waals surface area contributed by atoms with Crippen LogP contribution in [0, 0.1) is 18.6 Å². The monoisotopic (exact) mass is 265 g/mol. The van der Waals surface area contributed by atoms with E-state index in [-0.39, 0.29) is 5.69 Å². The number of nitrogens with zero attached hydrogens (tertiary/aromatic N) is 1. The van der Waals surface area contributed by atoms with Crippen LogP contribution in [0.1, 0.15) is 11.1 Å². The lowest BCUT2D eigenvalue weighted by Gasteiger charge is -2.01. The van der Waals surface area contributed by atoms with Crippen LogP contribution in [0.4, 0.5) is 14.5 Å². The van der Waals surface area contributed by atoms with Crippen LogP contribution in [0.25, 0.3) is 0 Å². The highest BCUT2D eigenvalue weighted by Gasteiger charge is 2.07. The topological polar surface area (TPSA) is 12.4 Å². The average molecular weight is 266 g/mol. The van der Waals surface area contributed by atoms with E-state index in [0.29, 0.717) is 10.6 Å². The van der Waals surface area contributed by atoms with Gasteiger partial charge in [-0.05, 0) is 42.3 Å². The van der Waals surface area contributed by atoms with Crippen molar-refractivity contribution >= 4 is 23.5 Å². The molecule has 0 N–H and O–H groups in total. The van der Waals surface area contributed by atoms with Gasteiger partial charge in [-0.25, -0.2) is 8.78 Å². The van der Waals surface area contributed by atoms with Gasteiger partial charge in [0.15, 0.2) is 11.6 Å². The molecule has 0 aliphatic rings. The third kappa shape index (κ3) is 2.93. The zero-order chi connectivity index (χ0) is 13.1. The summed E-state index contributed by atoms with van der Waals surface area (Å²) >= 11 is 5.73. The maximum atomic E-state index is 13.5. The molecular weight excluding hydrogens is 256 g/mol. The van der Waals surface area contributed by atoms with E-state index in [1.807, 2.05) is 0 Å². The molecule has 92 valence electrons. The van der Waals surface area contributed by atoms with Crippen LogP contribution in [0.2, 0.25) is 5.02 Å². The summed E-state index contributed by atoms with van der Waals surface area (Å²) in [7, 11) is 0. The fourth-order valence-electron chi connectivity index (χ4n) is 1.50. The van der Waals surface area contributed by atoms with E-state index < -0.39 is 11.6 Å². The summed E-state index contributed by atoms with van der Waals surface area (Å²) in [6.45, 7) is 1.62. The molecule has 0 radical (unpaired) electrons. The first-order chi connectivity index (χ1) is 8.56. The van der Waals surface area contributed by atoms with E-state index in [1.54, 1.807) is 31.2 Å². The lowest BCUT2D eigenvalue weighted by atomic mass is 10.2.